The summed E-state index contributed by atoms with van der Waals surface area (Å²) in [7, 11) is 0. The average molecular weight is 495 g/mol. The lowest BCUT2D eigenvalue weighted by molar-refractivity contribution is -0.133. The van der Waals surface area contributed by atoms with E-state index in [1.807, 2.05) is 85.8 Å². The van der Waals surface area contributed by atoms with Crippen molar-refractivity contribution in [3.63, 3.8) is 0 Å². The molecule has 1 unspecified atom stereocenters. The maximum atomic E-state index is 12.9. The van der Waals surface area contributed by atoms with Gasteiger partial charge in [0.1, 0.15) is 0 Å². The van der Waals surface area contributed by atoms with Crippen LogP contribution in [0.2, 0.25) is 10.0 Å². The molecule has 3 atom stereocenters. The van der Waals surface area contributed by atoms with E-state index in [2.05, 4.69) is 5.32 Å². The van der Waals surface area contributed by atoms with Crippen molar-refractivity contribution in [1.82, 2.24) is 10.2 Å². The smallest absolute Gasteiger partial charge is 0.239 e. The molecule has 0 spiro atoms. The highest BCUT2D eigenvalue weighted by Crippen LogP contribution is 2.29. The summed E-state index contributed by atoms with van der Waals surface area (Å²) < 4.78 is 0. The Hall–Kier alpha value is -2.82. The number of rotatable bonds is 8. The molecular formula is C28H28Cl2N2O2. The van der Waals surface area contributed by atoms with Crippen molar-refractivity contribution in [2.24, 2.45) is 0 Å². The van der Waals surface area contributed by atoms with Gasteiger partial charge in [-0.3, -0.25) is 9.59 Å². The minimum atomic E-state index is -0.148. The van der Waals surface area contributed by atoms with Gasteiger partial charge in [0.2, 0.25) is 11.8 Å². The van der Waals surface area contributed by atoms with Crippen LogP contribution in [-0.4, -0.2) is 35.8 Å². The zero-order valence-electron chi connectivity index (χ0n) is 19.1. The van der Waals surface area contributed by atoms with Gasteiger partial charge in [-0.05, 0) is 54.3 Å². The highest BCUT2D eigenvalue weighted by atomic mass is 35.5. The fourth-order valence-corrected chi connectivity index (χ4v) is 4.87. The van der Waals surface area contributed by atoms with Gasteiger partial charge >= 0.3 is 0 Å². The van der Waals surface area contributed by atoms with Gasteiger partial charge in [-0.1, -0.05) is 77.8 Å². The first-order valence-corrected chi connectivity index (χ1v) is 12.3. The van der Waals surface area contributed by atoms with Crippen LogP contribution in [0.1, 0.15) is 41.9 Å². The Labute approximate surface area is 210 Å². The first-order valence-electron chi connectivity index (χ1n) is 11.5. The number of nitrogens with zero attached hydrogens (tertiary/aromatic N) is 1. The van der Waals surface area contributed by atoms with Crippen molar-refractivity contribution in [3.05, 3.63) is 106 Å². The molecule has 1 heterocycles. The number of carbonyl (C=O) groups is 2. The summed E-state index contributed by atoms with van der Waals surface area (Å²) in [6.07, 6.45) is 1.18. The Morgan fingerprint density at radius 2 is 1.59 bits per heavy atom. The van der Waals surface area contributed by atoms with Gasteiger partial charge in [-0.25, -0.2) is 0 Å². The van der Waals surface area contributed by atoms with Crippen LogP contribution in [0.5, 0.6) is 0 Å². The van der Waals surface area contributed by atoms with Gasteiger partial charge in [0.25, 0.3) is 0 Å². The van der Waals surface area contributed by atoms with Gasteiger partial charge in [0.15, 0.2) is 0 Å². The lowest BCUT2D eigenvalue weighted by Gasteiger charge is -2.27. The predicted molar refractivity (Wildman–Crippen MR) is 137 cm³/mol. The second kappa shape index (κ2) is 11.1. The zero-order valence-corrected chi connectivity index (χ0v) is 20.6. The Morgan fingerprint density at radius 1 is 0.971 bits per heavy atom. The molecule has 34 heavy (non-hydrogen) atoms. The van der Waals surface area contributed by atoms with Crippen LogP contribution in [0.25, 0.3) is 0 Å². The minimum Gasteiger partial charge on any atom is -0.351 e. The number of hydrogen-bond acceptors (Lipinski definition) is 2. The maximum absolute atomic E-state index is 12.9. The van der Waals surface area contributed by atoms with Crippen LogP contribution in [-0.2, 0) is 16.0 Å². The van der Waals surface area contributed by atoms with E-state index < -0.39 is 0 Å². The molecule has 0 aliphatic carbocycles. The molecule has 1 aliphatic heterocycles. The highest BCUT2D eigenvalue weighted by Gasteiger charge is 2.32. The van der Waals surface area contributed by atoms with Gasteiger partial charge in [-0.15, -0.1) is 0 Å². The number of halogens is 2. The van der Waals surface area contributed by atoms with Crippen molar-refractivity contribution < 1.29 is 9.59 Å². The molecule has 3 aromatic rings. The molecule has 0 saturated carbocycles. The van der Waals surface area contributed by atoms with E-state index in [0.29, 0.717) is 23.0 Å². The van der Waals surface area contributed by atoms with Crippen molar-refractivity contribution >= 4 is 35.0 Å². The quantitative estimate of drug-likeness (QED) is 0.427. The molecule has 1 saturated heterocycles. The minimum absolute atomic E-state index is 0.0204. The van der Waals surface area contributed by atoms with E-state index in [4.69, 9.17) is 23.2 Å². The van der Waals surface area contributed by atoms with Crippen molar-refractivity contribution in [1.29, 1.82) is 0 Å². The Kier molecular flexibility index (Phi) is 7.91. The molecule has 4 rings (SSSR count). The predicted octanol–water partition coefficient (Wildman–Crippen LogP) is 5.84. The number of amides is 2. The SMILES string of the molecule is C[C@@H](NC(=O)CN1CC(c2ccccc2)CC1=O)[C@H](Cc1ccc(Cl)cc1)c1ccc(Cl)cc1. The Morgan fingerprint density at radius 3 is 2.24 bits per heavy atom. The zero-order chi connectivity index (χ0) is 24.1. The summed E-state index contributed by atoms with van der Waals surface area (Å²) in [6.45, 7) is 2.64. The third-order valence-corrected chi connectivity index (χ3v) is 6.98. The van der Waals surface area contributed by atoms with E-state index in [-0.39, 0.29) is 36.2 Å². The lowest BCUT2D eigenvalue weighted by atomic mass is 9.86. The molecule has 6 heteroatoms. The number of likely N-dealkylation sites (tertiary alicyclic amines) is 1. The third-order valence-electron chi connectivity index (χ3n) is 6.48. The van der Waals surface area contributed by atoms with E-state index in [1.165, 1.54) is 0 Å². The Bertz CT molecular complexity index is 1120. The van der Waals surface area contributed by atoms with Crippen LogP contribution < -0.4 is 5.32 Å². The van der Waals surface area contributed by atoms with E-state index in [1.54, 1.807) is 4.90 Å². The summed E-state index contributed by atoms with van der Waals surface area (Å²) in [5.41, 5.74) is 3.36. The van der Waals surface area contributed by atoms with E-state index >= 15 is 0 Å². The lowest BCUT2D eigenvalue weighted by Crippen LogP contribution is -2.44. The van der Waals surface area contributed by atoms with Gasteiger partial charge in [0.05, 0.1) is 6.54 Å². The van der Waals surface area contributed by atoms with Crippen molar-refractivity contribution in [2.75, 3.05) is 13.1 Å². The van der Waals surface area contributed by atoms with Crippen LogP contribution in [0.15, 0.2) is 78.9 Å². The number of benzene rings is 3. The van der Waals surface area contributed by atoms with Gasteiger partial charge in [0, 0.05) is 40.9 Å². The monoisotopic (exact) mass is 494 g/mol. The Balaban J connectivity index is 1.42. The molecule has 0 bridgehead atoms. The van der Waals surface area contributed by atoms with Crippen molar-refractivity contribution in [2.45, 2.75) is 37.6 Å². The topological polar surface area (TPSA) is 49.4 Å². The summed E-state index contributed by atoms with van der Waals surface area (Å²) in [5.74, 6) is 0.0380. The molecule has 176 valence electrons. The van der Waals surface area contributed by atoms with Crippen LogP contribution in [0.3, 0.4) is 0 Å². The molecule has 2 amide bonds. The normalized spacial score (nSPS) is 17.4. The second-order valence-corrected chi connectivity index (χ2v) is 9.80. The summed E-state index contributed by atoms with van der Waals surface area (Å²) in [6, 6.07) is 25.4. The highest BCUT2D eigenvalue weighted by molar-refractivity contribution is 6.30. The molecular weight excluding hydrogens is 467 g/mol. The average Bonchev–Trinajstić information content (AvgIpc) is 3.19. The summed E-state index contributed by atoms with van der Waals surface area (Å²) in [5, 5.41) is 4.50. The molecule has 1 aliphatic rings. The summed E-state index contributed by atoms with van der Waals surface area (Å²) in [4.78, 5) is 27.2. The van der Waals surface area contributed by atoms with E-state index in [0.717, 1.165) is 23.1 Å². The number of carbonyl (C=O) groups excluding carboxylic acids is 2. The largest absolute Gasteiger partial charge is 0.351 e. The molecule has 3 aromatic carbocycles. The standard InChI is InChI=1S/C28H28Cl2N2O2/c1-19(26(22-9-13-25(30)14-10-22)15-20-7-11-24(29)12-8-20)31-27(33)18-32-17-23(16-28(32)34)21-5-3-2-4-6-21/h2-14,19,23,26H,15-18H2,1H3,(H,31,33)/t19-,23?,26+/m1/s1. The van der Waals surface area contributed by atoms with Gasteiger partial charge in [-0.2, -0.15) is 0 Å². The van der Waals surface area contributed by atoms with Gasteiger partial charge < -0.3 is 10.2 Å². The summed E-state index contributed by atoms with van der Waals surface area (Å²) >= 11 is 12.2. The molecule has 1 fully saturated rings. The van der Waals surface area contributed by atoms with Crippen LogP contribution in [0, 0.1) is 0 Å². The molecule has 1 N–H and O–H groups in total. The first-order chi connectivity index (χ1) is 16.4. The molecule has 0 aromatic heterocycles. The number of hydrogen-bond donors (Lipinski definition) is 1. The van der Waals surface area contributed by atoms with Crippen LogP contribution in [0.4, 0.5) is 0 Å². The first kappa shape index (κ1) is 24.3. The fourth-order valence-electron chi connectivity index (χ4n) is 4.61. The molecule has 4 nitrogen and oxygen atoms in total. The molecule has 0 radical (unpaired) electrons. The number of nitrogens with one attached hydrogen (secondary N) is 1. The third kappa shape index (κ3) is 6.19. The van der Waals surface area contributed by atoms with E-state index in [9.17, 15) is 9.59 Å². The fraction of sp³-hybridized carbons (Fsp3) is 0.286. The van der Waals surface area contributed by atoms with Crippen molar-refractivity contribution in [3.8, 4) is 0 Å². The maximum Gasteiger partial charge on any atom is 0.239 e. The van der Waals surface area contributed by atoms with Crippen LogP contribution >= 0.6 is 23.2 Å². The second-order valence-electron chi connectivity index (χ2n) is 8.93.